The summed E-state index contributed by atoms with van der Waals surface area (Å²) in [5.74, 6) is 0.925. The Balaban J connectivity index is 2.86. The summed E-state index contributed by atoms with van der Waals surface area (Å²) in [6.07, 6.45) is 0. The van der Waals surface area contributed by atoms with Crippen LogP contribution in [0, 0.1) is 0 Å². The number of ether oxygens (including phenoxy) is 2. The minimum absolute atomic E-state index is 0.112. The fourth-order valence-electron chi connectivity index (χ4n) is 1.96. The van der Waals surface area contributed by atoms with E-state index in [-0.39, 0.29) is 17.8 Å². The van der Waals surface area contributed by atoms with E-state index in [2.05, 4.69) is 18.7 Å². The van der Waals surface area contributed by atoms with E-state index in [1.807, 2.05) is 19.2 Å². The summed E-state index contributed by atoms with van der Waals surface area (Å²) in [4.78, 5) is 2.17. The van der Waals surface area contributed by atoms with Gasteiger partial charge in [-0.15, -0.1) is 0 Å². The Morgan fingerprint density at radius 2 is 1.94 bits per heavy atom. The fourth-order valence-corrected chi connectivity index (χ4v) is 1.96. The van der Waals surface area contributed by atoms with Crippen LogP contribution in [0.1, 0.15) is 25.5 Å². The molecule has 0 radical (unpaired) electrons. The molecule has 0 fully saturated rings. The van der Waals surface area contributed by atoms with Gasteiger partial charge in [-0.25, -0.2) is 0 Å². The van der Waals surface area contributed by atoms with Gasteiger partial charge in [0, 0.05) is 30.8 Å². The molecule has 0 aliphatic heterocycles. The van der Waals surface area contributed by atoms with Crippen LogP contribution in [0.4, 0.5) is 0 Å². The second-order valence-electron chi connectivity index (χ2n) is 4.57. The lowest BCUT2D eigenvalue weighted by molar-refractivity contribution is 0.0932. The summed E-state index contributed by atoms with van der Waals surface area (Å²) in [5.41, 5.74) is 0.890. The van der Waals surface area contributed by atoms with Crippen LogP contribution in [0.2, 0.25) is 0 Å². The van der Waals surface area contributed by atoms with Gasteiger partial charge < -0.3 is 14.6 Å². The van der Waals surface area contributed by atoms with Crippen LogP contribution in [0.25, 0.3) is 0 Å². The molecule has 2 unspecified atom stereocenters. The Morgan fingerprint density at radius 1 is 1.28 bits per heavy atom. The number of benzene rings is 1. The molecule has 0 amide bonds. The third-order valence-corrected chi connectivity index (χ3v) is 3.40. The molecule has 0 heterocycles. The third-order valence-electron chi connectivity index (χ3n) is 3.40. The first-order chi connectivity index (χ1) is 8.51. The van der Waals surface area contributed by atoms with E-state index < -0.39 is 0 Å². The minimum Gasteiger partial charge on any atom is -0.507 e. The first-order valence-corrected chi connectivity index (χ1v) is 6.09. The summed E-state index contributed by atoms with van der Waals surface area (Å²) >= 11 is 0. The quantitative estimate of drug-likeness (QED) is 0.845. The van der Waals surface area contributed by atoms with Gasteiger partial charge in [0.1, 0.15) is 11.5 Å². The molecule has 0 bridgehead atoms. The lowest BCUT2D eigenvalue weighted by Crippen LogP contribution is -2.34. The minimum atomic E-state index is 0.112. The number of phenols is 1. The molecule has 1 rings (SSSR count). The molecule has 2 atom stereocenters. The van der Waals surface area contributed by atoms with Crippen LogP contribution in [-0.4, -0.2) is 43.9 Å². The van der Waals surface area contributed by atoms with Crippen molar-refractivity contribution in [1.29, 1.82) is 0 Å². The maximum absolute atomic E-state index is 10.0. The zero-order valence-electron chi connectivity index (χ0n) is 11.8. The maximum atomic E-state index is 10.0. The average Bonchev–Trinajstić information content (AvgIpc) is 2.37. The number of hydrogen-bond donors (Lipinski definition) is 1. The van der Waals surface area contributed by atoms with Crippen LogP contribution < -0.4 is 4.74 Å². The molecule has 1 N–H and O–H groups in total. The maximum Gasteiger partial charge on any atom is 0.124 e. The molecule has 1 aromatic rings. The van der Waals surface area contributed by atoms with Gasteiger partial charge in [0.15, 0.2) is 0 Å². The van der Waals surface area contributed by atoms with Crippen molar-refractivity contribution >= 4 is 0 Å². The Bertz CT molecular complexity index is 381. The van der Waals surface area contributed by atoms with Gasteiger partial charge in [-0.3, -0.25) is 4.90 Å². The molecule has 0 aliphatic carbocycles. The van der Waals surface area contributed by atoms with Crippen LogP contribution in [0.5, 0.6) is 11.5 Å². The highest BCUT2D eigenvalue weighted by atomic mass is 16.5. The van der Waals surface area contributed by atoms with Crippen molar-refractivity contribution in [3.8, 4) is 11.5 Å². The number of rotatable bonds is 6. The SMILES string of the molecule is COCC(C)N(C)C(C)c1ccc(OC)cc1O. The lowest BCUT2D eigenvalue weighted by Gasteiger charge is -2.31. The summed E-state index contributed by atoms with van der Waals surface area (Å²) < 4.78 is 10.2. The van der Waals surface area contributed by atoms with Gasteiger partial charge in [-0.05, 0) is 27.0 Å². The molecule has 102 valence electrons. The molecular formula is C14H23NO3. The first kappa shape index (κ1) is 14.8. The van der Waals surface area contributed by atoms with E-state index in [9.17, 15) is 5.11 Å². The van der Waals surface area contributed by atoms with Crippen molar-refractivity contribution < 1.29 is 14.6 Å². The van der Waals surface area contributed by atoms with Crippen LogP contribution >= 0.6 is 0 Å². The molecular weight excluding hydrogens is 230 g/mol. The molecule has 4 nitrogen and oxygen atoms in total. The Labute approximate surface area is 109 Å². The van der Waals surface area contributed by atoms with Gasteiger partial charge in [0.2, 0.25) is 0 Å². The number of likely N-dealkylation sites (N-methyl/N-ethyl adjacent to an activating group) is 1. The number of phenolic OH excluding ortho intramolecular Hbond substituents is 1. The van der Waals surface area contributed by atoms with Crippen molar-refractivity contribution in [3.05, 3.63) is 23.8 Å². The highest BCUT2D eigenvalue weighted by Gasteiger charge is 2.20. The zero-order chi connectivity index (χ0) is 13.7. The summed E-state index contributed by atoms with van der Waals surface area (Å²) in [5, 5.41) is 10.0. The molecule has 0 aliphatic rings. The Morgan fingerprint density at radius 3 is 2.44 bits per heavy atom. The van der Waals surface area contributed by atoms with E-state index >= 15 is 0 Å². The van der Waals surface area contributed by atoms with E-state index in [0.29, 0.717) is 12.4 Å². The second kappa shape index (κ2) is 6.61. The van der Waals surface area contributed by atoms with Crippen molar-refractivity contribution in [2.75, 3.05) is 27.9 Å². The second-order valence-corrected chi connectivity index (χ2v) is 4.57. The topological polar surface area (TPSA) is 41.9 Å². The zero-order valence-corrected chi connectivity index (χ0v) is 11.8. The Hall–Kier alpha value is -1.26. The summed E-state index contributed by atoms with van der Waals surface area (Å²) in [6, 6.07) is 5.79. The molecule has 0 aromatic heterocycles. The van der Waals surface area contributed by atoms with Crippen LogP contribution in [0.15, 0.2) is 18.2 Å². The first-order valence-electron chi connectivity index (χ1n) is 6.09. The average molecular weight is 253 g/mol. The molecule has 0 spiro atoms. The van der Waals surface area contributed by atoms with Crippen molar-refractivity contribution in [2.24, 2.45) is 0 Å². The predicted octanol–water partition coefficient (Wildman–Crippen LogP) is 2.43. The standard InChI is InChI=1S/C14H23NO3/c1-10(9-17-4)15(3)11(2)13-7-6-12(18-5)8-14(13)16/h6-8,10-11,16H,9H2,1-5H3. The highest BCUT2D eigenvalue weighted by Crippen LogP contribution is 2.31. The normalized spacial score (nSPS) is 14.6. The van der Waals surface area contributed by atoms with Gasteiger partial charge >= 0.3 is 0 Å². The van der Waals surface area contributed by atoms with Gasteiger partial charge in [-0.1, -0.05) is 6.07 Å². The highest BCUT2D eigenvalue weighted by molar-refractivity contribution is 5.41. The van der Waals surface area contributed by atoms with E-state index in [1.165, 1.54) is 0 Å². The van der Waals surface area contributed by atoms with Crippen molar-refractivity contribution in [1.82, 2.24) is 4.90 Å². The number of nitrogens with zero attached hydrogens (tertiary/aromatic N) is 1. The molecule has 0 saturated carbocycles. The number of methoxy groups -OCH3 is 2. The molecule has 4 heteroatoms. The van der Waals surface area contributed by atoms with Crippen LogP contribution in [0.3, 0.4) is 0 Å². The van der Waals surface area contributed by atoms with E-state index in [1.54, 1.807) is 20.3 Å². The monoisotopic (exact) mass is 253 g/mol. The van der Waals surface area contributed by atoms with Crippen molar-refractivity contribution in [3.63, 3.8) is 0 Å². The lowest BCUT2D eigenvalue weighted by atomic mass is 10.0. The van der Waals surface area contributed by atoms with Crippen LogP contribution in [-0.2, 0) is 4.74 Å². The summed E-state index contributed by atoms with van der Waals surface area (Å²) in [6.45, 7) is 4.83. The van der Waals surface area contributed by atoms with E-state index in [4.69, 9.17) is 9.47 Å². The number of hydrogen-bond acceptors (Lipinski definition) is 4. The van der Waals surface area contributed by atoms with Crippen molar-refractivity contribution in [2.45, 2.75) is 25.9 Å². The fraction of sp³-hybridized carbons (Fsp3) is 0.571. The largest absolute Gasteiger partial charge is 0.507 e. The van der Waals surface area contributed by atoms with Gasteiger partial charge in [0.25, 0.3) is 0 Å². The Kier molecular flexibility index (Phi) is 5.44. The predicted molar refractivity (Wildman–Crippen MR) is 72.2 cm³/mol. The molecule has 1 aromatic carbocycles. The third kappa shape index (κ3) is 3.37. The smallest absolute Gasteiger partial charge is 0.124 e. The van der Waals surface area contributed by atoms with E-state index in [0.717, 1.165) is 5.56 Å². The molecule has 18 heavy (non-hydrogen) atoms. The van der Waals surface area contributed by atoms with Gasteiger partial charge in [-0.2, -0.15) is 0 Å². The molecule has 0 saturated heterocycles. The van der Waals surface area contributed by atoms with Gasteiger partial charge in [0.05, 0.1) is 13.7 Å². The summed E-state index contributed by atoms with van der Waals surface area (Å²) in [7, 11) is 5.31. The number of aromatic hydroxyl groups is 1.